The molecule has 1 aliphatic carbocycles. The molecule has 4 atom stereocenters. The first-order chi connectivity index (χ1) is 18.9. The minimum absolute atomic E-state index is 0.103. The van der Waals surface area contributed by atoms with E-state index in [0.29, 0.717) is 18.5 Å². The van der Waals surface area contributed by atoms with E-state index >= 15 is 0 Å². The van der Waals surface area contributed by atoms with Crippen molar-refractivity contribution in [3.8, 4) is 0 Å². The van der Waals surface area contributed by atoms with Gasteiger partial charge < -0.3 is 33.4 Å². The largest absolute Gasteiger partial charge is 0.790 e. The Bertz CT molecular complexity index is 1080. The highest BCUT2D eigenvalue weighted by Crippen LogP contribution is 2.55. The number of hydrogen-bond donors (Lipinski definition) is 1. The molecule has 0 bridgehead atoms. The molecule has 0 aliphatic heterocycles. The maximum Gasteiger partial charge on any atom is 0.139 e. The second-order valence-corrected chi connectivity index (χ2v) is 15.8. The maximum atomic E-state index is 11.8. The highest BCUT2D eigenvalue weighted by Gasteiger charge is 2.62. The van der Waals surface area contributed by atoms with Crippen molar-refractivity contribution in [1.29, 1.82) is 0 Å². The predicted molar refractivity (Wildman–Crippen MR) is 165 cm³/mol. The number of hydrogen-bond acceptors (Lipinski definition) is 6. The number of phosphoric acid groups is 1. The SMILES string of the molecule is CC(C)=CCC/C(C)=C/CC/C(C)=C/C1C([NH2+]CCCP(=O)([O-])OP(=O)([O-])[O-])C1(C)CC/C=C(\C)CCC=C(C)C. The van der Waals surface area contributed by atoms with E-state index < -0.39 is 21.6 Å². The molecule has 0 saturated heterocycles. The third-order valence-corrected chi connectivity index (χ3v) is 10.6. The summed E-state index contributed by atoms with van der Waals surface area (Å²) < 4.78 is 26.3. The van der Waals surface area contributed by atoms with Crippen LogP contribution in [-0.2, 0) is 13.4 Å². The lowest BCUT2D eigenvalue weighted by Gasteiger charge is -2.35. The van der Waals surface area contributed by atoms with E-state index in [9.17, 15) is 23.8 Å². The van der Waals surface area contributed by atoms with Gasteiger partial charge in [0.15, 0.2) is 0 Å². The van der Waals surface area contributed by atoms with Crippen molar-refractivity contribution in [3.05, 3.63) is 58.2 Å². The molecule has 7 nitrogen and oxygen atoms in total. The Balaban J connectivity index is 2.78. The molecule has 9 heteroatoms. The highest BCUT2D eigenvalue weighted by molar-refractivity contribution is 7.61. The molecule has 0 aromatic heterocycles. The summed E-state index contributed by atoms with van der Waals surface area (Å²) in [6.45, 7) is 17.9. The standard InChI is InChI=1S/C32H57NO6P2/c1-25(2)14-9-16-27(5)18-11-19-29(7)24-30-31(33-22-13-23-40(34,35)39-41(36,37)38)32(30,8)21-12-20-28(6)17-10-15-26(3)4/h14-15,18,20,24,30-31,33H,9-13,16-17,19,21-23H2,1-8H3,(H,34,35)(H2,36,37,38)/p-2/b27-18+,28-20+,29-24+. The predicted octanol–water partition coefficient (Wildman–Crippen LogP) is 6.24. The van der Waals surface area contributed by atoms with E-state index in [1.165, 1.54) is 27.9 Å². The van der Waals surface area contributed by atoms with Crippen molar-refractivity contribution in [3.63, 3.8) is 0 Å². The van der Waals surface area contributed by atoms with Gasteiger partial charge in [-0.15, -0.1) is 0 Å². The zero-order valence-electron chi connectivity index (χ0n) is 26.7. The molecule has 236 valence electrons. The second-order valence-electron chi connectivity index (χ2n) is 12.6. The Morgan fingerprint density at radius 3 is 1.78 bits per heavy atom. The quantitative estimate of drug-likeness (QED) is 0.0986. The van der Waals surface area contributed by atoms with Gasteiger partial charge in [-0.25, -0.2) is 0 Å². The number of allylic oxidation sites excluding steroid dienone is 9. The Morgan fingerprint density at radius 1 is 0.780 bits per heavy atom. The van der Waals surface area contributed by atoms with Crippen molar-refractivity contribution in [2.75, 3.05) is 12.7 Å². The third-order valence-electron chi connectivity index (χ3n) is 7.94. The molecule has 1 fully saturated rings. The van der Waals surface area contributed by atoms with Crippen LogP contribution < -0.4 is 20.0 Å². The average molecular weight is 612 g/mol. The van der Waals surface area contributed by atoms with Crippen LogP contribution in [0.2, 0.25) is 0 Å². The number of nitrogens with two attached hydrogens (primary N) is 1. The van der Waals surface area contributed by atoms with Gasteiger partial charge in [-0.3, -0.25) is 0 Å². The molecule has 0 spiro atoms. The molecule has 1 rings (SSSR count). The minimum atomic E-state index is -5.56. The molecule has 0 heterocycles. The summed E-state index contributed by atoms with van der Waals surface area (Å²) in [4.78, 5) is 33.2. The molecular weight excluding hydrogens is 556 g/mol. The molecule has 4 unspecified atom stereocenters. The van der Waals surface area contributed by atoms with Gasteiger partial charge in [-0.2, -0.15) is 0 Å². The smallest absolute Gasteiger partial charge is 0.139 e. The van der Waals surface area contributed by atoms with Gasteiger partial charge in [0.25, 0.3) is 0 Å². The summed E-state index contributed by atoms with van der Waals surface area (Å²) in [6.07, 6.45) is 19.8. The van der Waals surface area contributed by atoms with Crippen molar-refractivity contribution in [1.82, 2.24) is 0 Å². The van der Waals surface area contributed by atoms with E-state index in [1.54, 1.807) is 0 Å². The molecule has 0 amide bonds. The van der Waals surface area contributed by atoms with Gasteiger partial charge in [-0.05, 0) is 99.8 Å². The Hall–Kier alpha value is -1.04. The zero-order valence-corrected chi connectivity index (χ0v) is 28.5. The summed E-state index contributed by atoms with van der Waals surface area (Å²) in [5, 5.41) is 2.18. The van der Waals surface area contributed by atoms with Gasteiger partial charge in [0, 0.05) is 23.9 Å². The molecular formula is C32H55NO6P2-2. The van der Waals surface area contributed by atoms with Crippen molar-refractivity contribution >= 4 is 15.4 Å². The molecule has 1 saturated carbocycles. The van der Waals surface area contributed by atoms with Crippen LogP contribution in [0.25, 0.3) is 0 Å². The van der Waals surface area contributed by atoms with Crippen LogP contribution in [0.15, 0.2) is 58.2 Å². The first-order valence-corrected chi connectivity index (χ1v) is 18.3. The van der Waals surface area contributed by atoms with Crippen LogP contribution in [0.3, 0.4) is 0 Å². The van der Waals surface area contributed by atoms with E-state index in [2.05, 4.69) is 95.4 Å². The van der Waals surface area contributed by atoms with E-state index in [0.717, 1.165) is 51.4 Å². The Kier molecular flexibility index (Phi) is 16.6. The minimum Gasteiger partial charge on any atom is -0.790 e. The van der Waals surface area contributed by atoms with Crippen LogP contribution >= 0.6 is 15.4 Å². The van der Waals surface area contributed by atoms with E-state index in [4.69, 9.17) is 0 Å². The van der Waals surface area contributed by atoms with Crippen LogP contribution in [0.5, 0.6) is 0 Å². The van der Waals surface area contributed by atoms with Crippen LogP contribution in [0.4, 0.5) is 0 Å². The van der Waals surface area contributed by atoms with Crippen molar-refractivity contribution in [2.24, 2.45) is 11.3 Å². The van der Waals surface area contributed by atoms with Gasteiger partial charge in [0.1, 0.15) is 7.60 Å². The Morgan fingerprint density at radius 2 is 1.27 bits per heavy atom. The fourth-order valence-corrected chi connectivity index (χ4v) is 7.52. The summed E-state index contributed by atoms with van der Waals surface area (Å²) >= 11 is 0. The third kappa shape index (κ3) is 17.0. The molecule has 41 heavy (non-hydrogen) atoms. The molecule has 2 N–H and O–H groups in total. The van der Waals surface area contributed by atoms with Crippen molar-refractivity contribution in [2.45, 2.75) is 119 Å². The van der Waals surface area contributed by atoms with E-state index in [-0.39, 0.29) is 11.8 Å². The lowest BCUT2D eigenvalue weighted by atomic mass is 9.96. The molecule has 0 radical (unpaired) electrons. The molecule has 1 aliphatic rings. The van der Waals surface area contributed by atoms with Gasteiger partial charge in [-0.1, -0.05) is 65.2 Å². The van der Waals surface area contributed by atoms with Crippen LogP contribution in [0, 0.1) is 11.3 Å². The normalized spacial score (nSPS) is 23.2. The first kappa shape index (κ1) is 38.0. The van der Waals surface area contributed by atoms with Gasteiger partial charge >= 0.3 is 0 Å². The monoisotopic (exact) mass is 611 g/mol. The average Bonchev–Trinajstić information content (AvgIpc) is 3.35. The first-order valence-electron chi connectivity index (χ1n) is 15.1. The van der Waals surface area contributed by atoms with Gasteiger partial charge in [0.2, 0.25) is 0 Å². The van der Waals surface area contributed by atoms with E-state index in [1.807, 2.05) is 0 Å². The van der Waals surface area contributed by atoms with Crippen LogP contribution in [0.1, 0.15) is 113 Å². The van der Waals surface area contributed by atoms with Crippen molar-refractivity contribution < 1.29 is 33.4 Å². The van der Waals surface area contributed by atoms with Crippen LogP contribution in [-0.4, -0.2) is 18.7 Å². The summed E-state index contributed by atoms with van der Waals surface area (Å²) in [6, 6.07) is 0.329. The lowest BCUT2D eigenvalue weighted by Crippen LogP contribution is -2.87. The highest BCUT2D eigenvalue weighted by atomic mass is 31.3. The maximum absolute atomic E-state index is 11.8. The summed E-state index contributed by atoms with van der Waals surface area (Å²) in [5.74, 6) is 0.392. The molecule has 0 aromatic carbocycles. The summed E-state index contributed by atoms with van der Waals surface area (Å²) in [7, 11) is -10.2. The Labute approximate surface area is 250 Å². The fraction of sp³-hybridized carbons (Fsp3) is 0.688. The second kappa shape index (κ2) is 17.9. The lowest BCUT2D eigenvalue weighted by molar-refractivity contribution is -0.675. The van der Waals surface area contributed by atoms with Gasteiger partial charge in [0.05, 0.1) is 20.4 Å². The summed E-state index contributed by atoms with van der Waals surface area (Å²) in [5.41, 5.74) is 7.01. The molecule has 0 aromatic rings. The zero-order chi connectivity index (χ0) is 31.3. The fourth-order valence-electron chi connectivity index (χ4n) is 5.40. The number of rotatable bonds is 20. The topological polar surface area (TPSA) is 129 Å². The number of quaternary nitrogens is 1.